The van der Waals surface area contributed by atoms with Crippen LogP contribution in [0.2, 0.25) is 0 Å². The molecule has 0 heterocycles. The molecule has 0 atom stereocenters. The number of benzene rings is 3. The fourth-order valence-corrected chi connectivity index (χ4v) is 2.50. The van der Waals surface area contributed by atoms with E-state index in [1.165, 1.54) is 6.07 Å². The molecule has 0 fully saturated rings. The van der Waals surface area contributed by atoms with Crippen molar-refractivity contribution in [2.45, 2.75) is 0 Å². The van der Waals surface area contributed by atoms with Gasteiger partial charge in [-0.1, -0.05) is 66.7 Å². The molecule has 0 saturated heterocycles. The molecule has 26 heavy (non-hydrogen) atoms. The lowest BCUT2D eigenvalue weighted by atomic mass is 10.1. The van der Waals surface area contributed by atoms with E-state index in [9.17, 15) is 14.7 Å². The SMILES string of the molecule is O=C(Nc1cc(C=Cc2ccccc2)ccc1C(=O)O)c1ccccc1. The van der Waals surface area contributed by atoms with Crippen molar-refractivity contribution in [1.82, 2.24) is 0 Å². The molecule has 3 aromatic carbocycles. The number of carbonyl (C=O) groups is 2. The number of anilines is 1. The topological polar surface area (TPSA) is 66.4 Å². The number of aromatic carboxylic acids is 1. The third kappa shape index (κ3) is 4.24. The van der Waals surface area contributed by atoms with Crippen molar-refractivity contribution in [3.05, 3.63) is 101 Å². The van der Waals surface area contributed by atoms with Crippen molar-refractivity contribution in [3.8, 4) is 0 Å². The minimum atomic E-state index is -1.09. The fraction of sp³-hybridized carbons (Fsp3) is 0. The van der Waals surface area contributed by atoms with E-state index >= 15 is 0 Å². The minimum Gasteiger partial charge on any atom is -0.478 e. The highest BCUT2D eigenvalue weighted by molar-refractivity contribution is 6.08. The van der Waals surface area contributed by atoms with Crippen LogP contribution in [0.3, 0.4) is 0 Å². The minimum absolute atomic E-state index is 0.0474. The predicted octanol–water partition coefficient (Wildman–Crippen LogP) is 4.81. The van der Waals surface area contributed by atoms with Gasteiger partial charge in [-0.05, 0) is 35.4 Å². The summed E-state index contributed by atoms with van der Waals surface area (Å²) in [4.78, 5) is 23.8. The Bertz CT molecular complexity index is 948. The van der Waals surface area contributed by atoms with Gasteiger partial charge in [-0.25, -0.2) is 4.79 Å². The van der Waals surface area contributed by atoms with Crippen molar-refractivity contribution >= 4 is 29.7 Å². The van der Waals surface area contributed by atoms with Crippen LogP contribution in [-0.4, -0.2) is 17.0 Å². The van der Waals surface area contributed by atoms with Crippen LogP contribution < -0.4 is 5.32 Å². The van der Waals surface area contributed by atoms with Crippen molar-refractivity contribution < 1.29 is 14.7 Å². The van der Waals surface area contributed by atoms with Crippen LogP contribution in [0, 0.1) is 0 Å². The van der Waals surface area contributed by atoms with Crippen LogP contribution in [0.5, 0.6) is 0 Å². The number of carbonyl (C=O) groups excluding carboxylic acids is 1. The maximum atomic E-state index is 12.4. The average molecular weight is 343 g/mol. The van der Waals surface area contributed by atoms with Crippen molar-refractivity contribution in [3.63, 3.8) is 0 Å². The van der Waals surface area contributed by atoms with Crippen LogP contribution >= 0.6 is 0 Å². The van der Waals surface area contributed by atoms with Gasteiger partial charge in [-0.15, -0.1) is 0 Å². The zero-order valence-corrected chi connectivity index (χ0v) is 13.9. The molecular weight excluding hydrogens is 326 g/mol. The summed E-state index contributed by atoms with van der Waals surface area (Å²) in [6, 6.07) is 23.3. The van der Waals surface area contributed by atoms with E-state index in [0.717, 1.165) is 11.1 Å². The molecule has 0 spiro atoms. The summed E-state index contributed by atoms with van der Waals surface area (Å²) < 4.78 is 0. The van der Waals surface area contributed by atoms with Gasteiger partial charge < -0.3 is 10.4 Å². The van der Waals surface area contributed by atoms with Crippen LogP contribution in [0.4, 0.5) is 5.69 Å². The summed E-state index contributed by atoms with van der Waals surface area (Å²) in [5.41, 5.74) is 2.61. The van der Waals surface area contributed by atoms with E-state index in [1.807, 2.05) is 48.6 Å². The summed E-state index contributed by atoms with van der Waals surface area (Å²) in [6.45, 7) is 0. The third-order valence-corrected chi connectivity index (χ3v) is 3.83. The molecular formula is C22H17NO3. The first-order chi connectivity index (χ1) is 12.6. The maximum absolute atomic E-state index is 12.4. The molecule has 0 saturated carbocycles. The molecule has 0 aromatic heterocycles. The number of rotatable bonds is 5. The summed E-state index contributed by atoms with van der Waals surface area (Å²) in [7, 11) is 0. The Morgan fingerprint density at radius 2 is 1.38 bits per heavy atom. The second-order valence-corrected chi connectivity index (χ2v) is 5.67. The Kier molecular flexibility index (Phi) is 5.25. The van der Waals surface area contributed by atoms with Gasteiger partial charge in [-0.3, -0.25) is 4.79 Å². The number of hydrogen-bond acceptors (Lipinski definition) is 2. The largest absolute Gasteiger partial charge is 0.478 e. The van der Waals surface area contributed by atoms with E-state index in [2.05, 4.69) is 5.32 Å². The van der Waals surface area contributed by atoms with Gasteiger partial charge in [0, 0.05) is 5.56 Å². The molecule has 3 rings (SSSR count). The molecule has 0 aliphatic rings. The number of amides is 1. The highest BCUT2D eigenvalue weighted by Crippen LogP contribution is 2.21. The van der Waals surface area contributed by atoms with Gasteiger partial charge in [0.2, 0.25) is 0 Å². The summed E-state index contributed by atoms with van der Waals surface area (Å²) >= 11 is 0. The van der Waals surface area contributed by atoms with E-state index in [-0.39, 0.29) is 17.2 Å². The van der Waals surface area contributed by atoms with Gasteiger partial charge in [0.1, 0.15) is 0 Å². The van der Waals surface area contributed by atoms with Gasteiger partial charge in [-0.2, -0.15) is 0 Å². The normalized spacial score (nSPS) is 10.6. The molecule has 0 bridgehead atoms. The van der Waals surface area contributed by atoms with E-state index in [0.29, 0.717) is 5.56 Å². The summed E-state index contributed by atoms with van der Waals surface area (Å²) in [6.07, 6.45) is 3.80. The highest BCUT2D eigenvalue weighted by atomic mass is 16.4. The Labute approximate surface area is 151 Å². The van der Waals surface area contributed by atoms with Crippen molar-refractivity contribution in [1.29, 1.82) is 0 Å². The zero-order chi connectivity index (χ0) is 18.4. The summed E-state index contributed by atoms with van der Waals surface area (Å²) in [5.74, 6) is -1.44. The monoisotopic (exact) mass is 343 g/mol. The van der Waals surface area contributed by atoms with Crippen LogP contribution in [0.1, 0.15) is 31.8 Å². The van der Waals surface area contributed by atoms with E-state index < -0.39 is 5.97 Å². The second-order valence-electron chi connectivity index (χ2n) is 5.67. The van der Waals surface area contributed by atoms with Gasteiger partial charge >= 0.3 is 5.97 Å². The first-order valence-corrected chi connectivity index (χ1v) is 8.10. The van der Waals surface area contributed by atoms with E-state index in [1.54, 1.807) is 36.4 Å². The molecule has 1 amide bonds. The highest BCUT2D eigenvalue weighted by Gasteiger charge is 2.13. The van der Waals surface area contributed by atoms with Crippen molar-refractivity contribution in [2.75, 3.05) is 5.32 Å². The molecule has 0 aliphatic carbocycles. The smallest absolute Gasteiger partial charge is 0.337 e. The zero-order valence-electron chi connectivity index (χ0n) is 13.9. The number of carboxylic acid groups (broad SMARTS) is 1. The maximum Gasteiger partial charge on any atom is 0.337 e. The van der Waals surface area contributed by atoms with Crippen LogP contribution in [0.25, 0.3) is 12.2 Å². The molecule has 4 nitrogen and oxygen atoms in total. The lowest BCUT2D eigenvalue weighted by Crippen LogP contribution is -2.14. The van der Waals surface area contributed by atoms with Gasteiger partial charge in [0.25, 0.3) is 5.91 Å². The lowest BCUT2D eigenvalue weighted by molar-refractivity contribution is 0.0698. The lowest BCUT2D eigenvalue weighted by Gasteiger charge is -2.10. The van der Waals surface area contributed by atoms with Crippen LogP contribution in [-0.2, 0) is 0 Å². The molecule has 4 heteroatoms. The average Bonchev–Trinajstić information content (AvgIpc) is 2.68. The predicted molar refractivity (Wildman–Crippen MR) is 103 cm³/mol. The quantitative estimate of drug-likeness (QED) is 0.654. The van der Waals surface area contributed by atoms with Gasteiger partial charge in [0.15, 0.2) is 0 Å². The Morgan fingerprint density at radius 3 is 2.04 bits per heavy atom. The number of nitrogens with one attached hydrogen (secondary N) is 1. The molecule has 3 aromatic rings. The van der Waals surface area contributed by atoms with Crippen molar-refractivity contribution in [2.24, 2.45) is 0 Å². The molecule has 128 valence electrons. The Balaban J connectivity index is 1.88. The third-order valence-electron chi connectivity index (χ3n) is 3.83. The second kappa shape index (κ2) is 7.94. The molecule has 2 N–H and O–H groups in total. The fourth-order valence-electron chi connectivity index (χ4n) is 2.50. The van der Waals surface area contributed by atoms with E-state index in [4.69, 9.17) is 0 Å². The number of carboxylic acids is 1. The molecule has 0 unspecified atom stereocenters. The first-order valence-electron chi connectivity index (χ1n) is 8.10. The first kappa shape index (κ1) is 17.2. The molecule has 0 aliphatic heterocycles. The summed E-state index contributed by atoms with van der Waals surface area (Å²) in [5, 5.41) is 12.1. The Hall–Kier alpha value is -3.66. The van der Waals surface area contributed by atoms with Gasteiger partial charge in [0.05, 0.1) is 11.3 Å². The standard InChI is InChI=1S/C22H17NO3/c24-21(18-9-5-2-6-10-18)23-20-15-17(13-14-19(20)22(25)26)12-11-16-7-3-1-4-8-16/h1-15H,(H,23,24)(H,25,26). The number of hydrogen-bond donors (Lipinski definition) is 2. The van der Waals surface area contributed by atoms with Crippen LogP contribution in [0.15, 0.2) is 78.9 Å². The molecule has 0 radical (unpaired) electrons. The Morgan fingerprint density at radius 1 is 0.769 bits per heavy atom.